The molecule has 0 aliphatic carbocycles. The van der Waals surface area contributed by atoms with Gasteiger partial charge in [-0.3, -0.25) is 4.79 Å². The van der Waals surface area contributed by atoms with Crippen molar-refractivity contribution in [1.29, 1.82) is 0 Å². The average molecular weight is 359 g/mol. The molecule has 0 aromatic carbocycles. The fraction of sp³-hybridized carbons (Fsp3) is 0.529. The molecular weight excluding hydrogens is 338 g/mol. The van der Waals surface area contributed by atoms with Crippen molar-refractivity contribution in [3.8, 4) is 0 Å². The van der Waals surface area contributed by atoms with Crippen LogP contribution in [0.5, 0.6) is 0 Å². The summed E-state index contributed by atoms with van der Waals surface area (Å²) >= 11 is 1.51. The van der Waals surface area contributed by atoms with E-state index in [1.807, 2.05) is 17.2 Å². The first kappa shape index (κ1) is 16.4. The molecule has 0 saturated carbocycles. The minimum Gasteiger partial charge on any atom is -0.371 e. The summed E-state index contributed by atoms with van der Waals surface area (Å²) < 4.78 is 6.13. The molecule has 1 atom stereocenters. The van der Waals surface area contributed by atoms with Gasteiger partial charge in [0, 0.05) is 24.3 Å². The molecule has 2 aliphatic heterocycles. The Morgan fingerprint density at radius 3 is 2.88 bits per heavy atom. The Bertz CT molecular complexity index is 735. The molecule has 0 unspecified atom stereocenters. The SMILES string of the molecule is Cc1nc(C(=O)N2CC3(CC[C@H](CNc4ncccn4)CO3)C2)cs1. The molecule has 4 heterocycles. The number of amides is 1. The predicted octanol–water partition coefficient (Wildman–Crippen LogP) is 1.97. The lowest BCUT2D eigenvalue weighted by Gasteiger charge is -2.52. The third-order valence-corrected chi connectivity index (χ3v) is 5.60. The second-order valence-corrected chi connectivity index (χ2v) is 7.83. The molecule has 1 spiro atoms. The summed E-state index contributed by atoms with van der Waals surface area (Å²) in [5.74, 6) is 1.12. The summed E-state index contributed by atoms with van der Waals surface area (Å²) in [7, 11) is 0. The number of hydrogen-bond acceptors (Lipinski definition) is 7. The van der Waals surface area contributed by atoms with Crippen LogP contribution in [0, 0.1) is 12.8 Å². The molecule has 2 aromatic rings. The van der Waals surface area contributed by atoms with Crippen molar-refractivity contribution >= 4 is 23.2 Å². The third kappa shape index (κ3) is 3.50. The zero-order chi connectivity index (χ0) is 17.3. The highest BCUT2D eigenvalue weighted by Gasteiger charge is 2.48. The van der Waals surface area contributed by atoms with E-state index < -0.39 is 0 Å². The predicted molar refractivity (Wildman–Crippen MR) is 94.7 cm³/mol. The molecule has 0 radical (unpaired) electrons. The molecule has 8 heteroatoms. The van der Waals surface area contributed by atoms with Crippen LogP contribution in [0.1, 0.15) is 28.3 Å². The molecule has 25 heavy (non-hydrogen) atoms. The maximum Gasteiger partial charge on any atom is 0.273 e. The maximum atomic E-state index is 12.4. The van der Waals surface area contributed by atoms with Crippen LogP contribution < -0.4 is 5.32 Å². The number of aromatic nitrogens is 3. The summed E-state index contributed by atoms with van der Waals surface area (Å²) in [5.41, 5.74) is 0.401. The zero-order valence-corrected chi connectivity index (χ0v) is 15.0. The first-order chi connectivity index (χ1) is 12.1. The Balaban J connectivity index is 1.24. The summed E-state index contributed by atoms with van der Waals surface area (Å²) in [6.45, 7) is 4.77. The van der Waals surface area contributed by atoms with Crippen molar-refractivity contribution in [3.63, 3.8) is 0 Å². The van der Waals surface area contributed by atoms with Crippen molar-refractivity contribution in [1.82, 2.24) is 19.9 Å². The van der Waals surface area contributed by atoms with Gasteiger partial charge in [0.15, 0.2) is 0 Å². The fourth-order valence-corrected chi connectivity index (χ4v) is 3.96. The van der Waals surface area contributed by atoms with Crippen LogP contribution in [0.15, 0.2) is 23.8 Å². The second-order valence-electron chi connectivity index (χ2n) is 6.76. The van der Waals surface area contributed by atoms with Crippen molar-refractivity contribution < 1.29 is 9.53 Å². The zero-order valence-electron chi connectivity index (χ0n) is 14.1. The molecule has 4 rings (SSSR count). The van der Waals surface area contributed by atoms with Crippen LogP contribution >= 0.6 is 11.3 Å². The molecule has 132 valence electrons. The van der Waals surface area contributed by atoms with Crippen molar-refractivity contribution in [2.75, 3.05) is 31.6 Å². The average Bonchev–Trinajstić information content (AvgIpc) is 3.05. The Labute approximate surface area is 150 Å². The van der Waals surface area contributed by atoms with Gasteiger partial charge in [-0.2, -0.15) is 0 Å². The number of thiazole rings is 1. The Hall–Kier alpha value is -2.06. The molecule has 1 N–H and O–H groups in total. The van der Waals surface area contributed by atoms with Gasteiger partial charge < -0.3 is 15.0 Å². The summed E-state index contributed by atoms with van der Waals surface area (Å²) in [4.78, 5) is 26.8. The van der Waals surface area contributed by atoms with Crippen LogP contribution in [0.3, 0.4) is 0 Å². The van der Waals surface area contributed by atoms with E-state index in [2.05, 4.69) is 20.3 Å². The van der Waals surface area contributed by atoms with Gasteiger partial charge >= 0.3 is 0 Å². The molecule has 2 fully saturated rings. The highest BCUT2D eigenvalue weighted by molar-refractivity contribution is 7.09. The van der Waals surface area contributed by atoms with Gasteiger partial charge in [-0.1, -0.05) is 0 Å². The lowest BCUT2D eigenvalue weighted by Crippen LogP contribution is -2.66. The Morgan fingerprint density at radius 1 is 1.44 bits per heavy atom. The van der Waals surface area contributed by atoms with Crippen molar-refractivity contribution in [2.45, 2.75) is 25.4 Å². The lowest BCUT2D eigenvalue weighted by atomic mass is 9.83. The Morgan fingerprint density at radius 2 is 2.24 bits per heavy atom. The molecule has 0 bridgehead atoms. The number of likely N-dealkylation sites (tertiary alicyclic amines) is 1. The van der Waals surface area contributed by atoms with Gasteiger partial charge in [-0.25, -0.2) is 15.0 Å². The first-order valence-corrected chi connectivity index (χ1v) is 9.38. The van der Waals surface area contributed by atoms with E-state index in [0.717, 1.165) is 24.4 Å². The molecule has 1 amide bonds. The summed E-state index contributed by atoms with van der Waals surface area (Å²) in [6.07, 6.45) is 5.52. The van der Waals surface area contributed by atoms with Crippen LogP contribution in [0.2, 0.25) is 0 Å². The monoisotopic (exact) mass is 359 g/mol. The third-order valence-electron chi connectivity index (χ3n) is 4.83. The summed E-state index contributed by atoms with van der Waals surface area (Å²) in [5, 5.41) is 6.01. The summed E-state index contributed by atoms with van der Waals surface area (Å²) in [6, 6.07) is 1.80. The van der Waals surface area contributed by atoms with E-state index >= 15 is 0 Å². The van der Waals surface area contributed by atoms with Gasteiger partial charge in [0.2, 0.25) is 5.95 Å². The van der Waals surface area contributed by atoms with Gasteiger partial charge in [0.1, 0.15) is 11.3 Å². The molecule has 7 nitrogen and oxygen atoms in total. The number of carbonyl (C=O) groups excluding carboxylic acids is 1. The van der Waals surface area contributed by atoms with Gasteiger partial charge in [0.25, 0.3) is 5.91 Å². The molecule has 2 aromatic heterocycles. The van der Waals surface area contributed by atoms with E-state index in [4.69, 9.17) is 4.74 Å². The van der Waals surface area contributed by atoms with Gasteiger partial charge in [0.05, 0.1) is 24.7 Å². The number of aryl methyl sites for hydroxylation is 1. The number of carbonyl (C=O) groups is 1. The molecule has 2 aliphatic rings. The van der Waals surface area contributed by atoms with E-state index in [1.54, 1.807) is 18.5 Å². The number of rotatable bonds is 4. The van der Waals surface area contributed by atoms with E-state index in [9.17, 15) is 4.79 Å². The number of hydrogen-bond donors (Lipinski definition) is 1. The first-order valence-electron chi connectivity index (χ1n) is 8.50. The topological polar surface area (TPSA) is 80.2 Å². The smallest absolute Gasteiger partial charge is 0.273 e. The number of nitrogens with one attached hydrogen (secondary N) is 1. The van der Waals surface area contributed by atoms with Crippen molar-refractivity contribution in [3.05, 3.63) is 34.5 Å². The lowest BCUT2D eigenvalue weighted by molar-refractivity contribution is -0.165. The minimum atomic E-state index is -0.152. The van der Waals surface area contributed by atoms with Gasteiger partial charge in [-0.15, -0.1) is 11.3 Å². The molecular formula is C17H21N5O2S. The van der Waals surface area contributed by atoms with E-state index in [0.29, 0.717) is 37.3 Å². The van der Waals surface area contributed by atoms with Crippen LogP contribution in [0.25, 0.3) is 0 Å². The van der Waals surface area contributed by atoms with Crippen molar-refractivity contribution in [2.24, 2.45) is 5.92 Å². The second kappa shape index (κ2) is 6.68. The Kier molecular flexibility index (Phi) is 4.39. The fourth-order valence-electron chi connectivity index (χ4n) is 3.37. The molecule has 2 saturated heterocycles. The number of anilines is 1. The number of nitrogens with zero attached hydrogens (tertiary/aromatic N) is 4. The quantitative estimate of drug-likeness (QED) is 0.899. The van der Waals surface area contributed by atoms with Crippen LogP contribution in [-0.4, -0.2) is 57.6 Å². The highest BCUT2D eigenvalue weighted by Crippen LogP contribution is 2.36. The standard InChI is InChI=1S/C17H21N5O2S/c1-12-21-14(9-25-12)15(23)22-10-17(11-22)4-3-13(8-24-17)7-20-16-18-5-2-6-19-16/h2,5-6,9,13H,3-4,7-8,10-11H2,1H3,(H,18,19,20)/t13-/m1/s1. The largest absolute Gasteiger partial charge is 0.371 e. The maximum absolute atomic E-state index is 12.4. The van der Waals surface area contributed by atoms with E-state index in [-0.39, 0.29) is 11.5 Å². The normalized spacial score (nSPS) is 21.8. The van der Waals surface area contributed by atoms with Gasteiger partial charge in [-0.05, 0) is 31.7 Å². The van der Waals surface area contributed by atoms with Crippen LogP contribution in [-0.2, 0) is 4.74 Å². The highest BCUT2D eigenvalue weighted by atomic mass is 32.1. The number of ether oxygens (including phenoxy) is 1. The minimum absolute atomic E-state index is 0.0172. The van der Waals surface area contributed by atoms with E-state index in [1.165, 1.54) is 11.3 Å². The van der Waals surface area contributed by atoms with Crippen LogP contribution in [0.4, 0.5) is 5.95 Å².